The van der Waals surface area contributed by atoms with Gasteiger partial charge in [-0.3, -0.25) is 9.25 Å². The molecule has 0 spiro atoms. The molecule has 0 aliphatic carbocycles. The van der Waals surface area contributed by atoms with Crippen molar-refractivity contribution < 1.29 is 22.7 Å². The summed E-state index contributed by atoms with van der Waals surface area (Å²) in [7, 11) is -0.791. The number of nitrogens with zero attached hydrogens (tertiary/aromatic N) is 5. The molecule has 0 atom stereocenters. The van der Waals surface area contributed by atoms with Crippen molar-refractivity contribution in [1.29, 1.82) is 0 Å². The average molecular weight is 572 g/mol. The van der Waals surface area contributed by atoms with Crippen LogP contribution in [0.4, 0.5) is 4.79 Å². The van der Waals surface area contributed by atoms with Crippen LogP contribution < -0.4 is 4.74 Å². The monoisotopic (exact) mass is 571 g/mol. The minimum absolute atomic E-state index is 0.113. The van der Waals surface area contributed by atoms with Crippen LogP contribution in [0.3, 0.4) is 0 Å². The number of ether oxygens (including phenoxy) is 2. The van der Waals surface area contributed by atoms with Gasteiger partial charge in [-0.2, -0.15) is 5.10 Å². The molecule has 0 saturated carbocycles. The molecule has 0 fully saturated rings. The lowest BCUT2D eigenvalue weighted by Gasteiger charge is -2.19. The Bertz CT molecular complexity index is 2100. The normalized spacial score (nSPS) is 12.4. The Morgan fingerprint density at radius 2 is 1.71 bits per heavy atom. The van der Waals surface area contributed by atoms with E-state index in [9.17, 15) is 13.2 Å². The number of fused-ring (bicyclic) bond motifs is 4. The van der Waals surface area contributed by atoms with E-state index >= 15 is 0 Å². The molecule has 11 heteroatoms. The first-order chi connectivity index (χ1) is 19.4. The van der Waals surface area contributed by atoms with Gasteiger partial charge < -0.3 is 9.47 Å². The maximum Gasteiger partial charge on any atom is 0.419 e. The van der Waals surface area contributed by atoms with Crippen LogP contribution in [0.5, 0.6) is 5.75 Å². The summed E-state index contributed by atoms with van der Waals surface area (Å²) in [5.41, 5.74) is 2.55. The van der Waals surface area contributed by atoms with E-state index in [1.165, 1.54) is 8.54 Å². The van der Waals surface area contributed by atoms with E-state index < -0.39 is 21.7 Å². The molecule has 6 aromatic rings. The van der Waals surface area contributed by atoms with Gasteiger partial charge in [0, 0.05) is 41.2 Å². The van der Waals surface area contributed by atoms with Crippen molar-refractivity contribution in [2.75, 3.05) is 7.11 Å². The number of pyridine rings is 1. The zero-order chi connectivity index (χ0) is 29.3. The summed E-state index contributed by atoms with van der Waals surface area (Å²) < 4.78 is 44.2. The number of aromatic nitrogens is 5. The number of hydrogen-bond donors (Lipinski definition) is 0. The zero-order valence-electron chi connectivity index (χ0n) is 23.5. The number of methoxy groups -OCH3 is 1. The van der Waals surface area contributed by atoms with E-state index in [0.29, 0.717) is 33.3 Å². The molecule has 0 amide bonds. The molecular weight excluding hydrogens is 542 g/mol. The molecule has 2 aromatic carbocycles. The lowest BCUT2D eigenvalue weighted by molar-refractivity contribution is 0.0544. The lowest BCUT2D eigenvalue weighted by atomic mass is 10.1. The summed E-state index contributed by atoms with van der Waals surface area (Å²) in [6.45, 7) is 7.26. The van der Waals surface area contributed by atoms with Crippen LogP contribution in [0, 0.1) is 6.92 Å². The minimum Gasteiger partial charge on any atom is -0.497 e. The SMILES string of the molecule is COc1ccc2c(c1)c(-c1cc3c4c(cnc3n1S(=O)(=O)c1ccc(C)cc1)cnn4C)cn2C(=O)OC(C)(C)C. The van der Waals surface area contributed by atoms with E-state index in [1.807, 2.05) is 6.92 Å². The van der Waals surface area contributed by atoms with Crippen molar-refractivity contribution in [2.24, 2.45) is 7.05 Å². The van der Waals surface area contributed by atoms with Crippen molar-refractivity contribution in [2.45, 2.75) is 38.2 Å². The molecule has 0 unspecified atom stereocenters. The van der Waals surface area contributed by atoms with Crippen LogP contribution in [0.2, 0.25) is 0 Å². The predicted octanol–water partition coefficient (Wildman–Crippen LogP) is 5.88. The summed E-state index contributed by atoms with van der Waals surface area (Å²) in [6.07, 6.45) is 4.32. The van der Waals surface area contributed by atoms with Gasteiger partial charge in [0.25, 0.3) is 10.0 Å². The molecule has 210 valence electrons. The fraction of sp³-hybridized carbons (Fsp3) is 0.233. The summed E-state index contributed by atoms with van der Waals surface area (Å²) in [6, 6.07) is 13.7. The van der Waals surface area contributed by atoms with Crippen LogP contribution in [-0.2, 0) is 21.8 Å². The highest BCUT2D eigenvalue weighted by atomic mass is 32.2. The van der Waals surface area contributed by atoms with E-state index in [0.717, 1.165) is 16.5 Å². The van der Waals surface area contributed by atoms with E-state index in [4.69, 9.17) is 9.47 Å². The molecule has 0 aliphatic heterocycles. The second-order valence-electron chi connectivity index (χ2n) is 11.0. The van der Waals surface area contributed by atoms with Gasteiger partial charge in [0.1, 0.15) is 11.4 Å². The second kappa shape index (κ2) is 9.20. The first kappa shape index (κ1) is 26.6. The standard InChI is InChI=1S/C30H29N5O5S/c1-18-7-10-21(11-8-18)41(37,38)35-26(14-23-27-19(15-31-28(23)35)16-32-33(27)5)24-17-34(29(36)40-30(2,3)4)25-12-9-20(39-6)13-22(24)25/h7-17H,1-6H3. The van der Waals surface area contributed by atoms with Gasteiger partial charge in [-0.15, -0.1) is 0 Å². The van der Waals surface area contributed by atoms with Crippen molar-refractivity contribution in [3.63, 3.8) is 0 Å². The fourth-order valence-electron chi connectivity index (χ4n) is 5.04. The van der Waals surface area contributed by atoms with Gasteiger partial charge in [0.2, 0.25) is 0 Å². The summed E-state index contributed by atoms with van der Waals surface area (Å²) >= 11 is 0. The summed E-state index contributed by atoms with van der Waals surface area (Å²) in [5, 5.41) is 6.35. The molecular formula is C30H29N5O5S. The molecule has 0 N–H and O–H groups in total. The van der Waals surface area contributed by atoms with Gasteiger partial charge in [0.05, 0.1) is 34.9 Å². The Morgan fingerprint density at radius 3 is 2.39 bits per heavy atom. The quantitative estimate of drug-likeness (QED) is 0.260. The highest BCUT2D eigenvalue weighted by Gasteiger charge is 2.29. The number of carbonyl (C=O) groups is 1. The van der Waals surface area contributed by atoms with Gasteiger partial charge in [-0.05, 0) is 64.1 Å². The second-order valence-corrected chi connectivity index (χ2v) is 12.7. The van der Waals surface area contributed by atoms with E-state index in [1.54, 1.807) is 107 Å². The van der Waals surface area contributed by atoms with Crippen LogP contribution in [0.25, 0.3) is 44.1 Å². The molecule has 4 aromatic heterocycles. The highest BCUT2D eigenvalue weighted by Crippen LogP contribution is 2.39. The molecule has 0 saturated heterocycles. The van der Waals surface area contributed by atoms with Crippen molar-refractivity contribution >= 4 is 49.0 Å². The Balaban J connectivity index is 1.73. The summed E-state index contributed by atoms with van der Waals surface area (Å²) in [5.74, 6) is 0.553. The average Bonchev–Trinajstić information content (AvgIpc) is 3.60. The maximum absolute atomic E-state index is 14.3. The predicted molar refractivity (Wildman–Crippen MR) is 157 cm³/mol. The maximum atomic E-state index is 14.3. The Labute approximate surface area is 236 Å². The first-order valence-electron chi connectivity index (χ1n) is 13.0. The number of hydrogen-bond acceptors (Lipinski definition) is 7. The Hall–Kier alpha value is -4.64. The molecule has 0 bridgehead atoms. The molecule has 4 heterocycles. The van der Waals surface area contributed by atoms with Crippen LogP contribution in [-0.4, -0.2) is 50.5 Å². The third kappa shape index (κ3) is 4.33. The Kier molecular flexibility index (Phi) is 5.96. The van der Waals surface area contributed by atoms with Gasteiger partial charge >= 0.3 is 6.09 Å². The molecule has 0 radical (unpaired) electrons. The van der Waals surface area contributed by atoms with Gasteiger partial charge in [-0.25, -0.2) is 22.2 Å². The first-order valence-corrected chi connectivity index (χ1v) is 14.4. The smallest absolute Gasteiger partial charge is 0.419 e. The number of benzene rings is 2. The van der Waals surface area contributed by atoms with Crippen LogP contribution in [0.1, 0.15) is 26.3 Å². The molecule has 41 heavy (non-hydrogen) atoms. The zero-order valence-corrected chi connectivity index (χ0v) is 24.4. The van der Waals surface area contributed by atoms with Crippen molar-refractivity contribution in [3.8, 4) is 17.0 Å². The van der Waals surface area contributed by atoms with E-state index in [-0.39, 0.29) is 10.5 Å². The number of aryl methyl sites for hydroxylation is 2. The summed E-state index contributed by atoms with van der Waals surface area (Å²) in [4.78, 5) is 18.0. The number of rotatable bonds is 4. The third-order valence-electron chi connectivity index (χ3n) is 6.92. The van der Waals surface area contributed by atoms with E-state index in [2.05, 4.69) is 10.1 Å². The highest BCUT2D eigenvalue weighted by molar-refractivity contribution is 7.90. The van der Waals surface area contributed by atoms with Crippen LogP contribution in [0.15, 0.2) is 72.0 Å². The topological polar surface area (TPSA) is 110 Å². The number of carbonyl (C=O) groups excluding carboxylic acids is 1. The van der Waals surface area contributed by atoms with Gasteiger partial charge in [0.15, 0.2) is 5.65 Å². The third-order valence-corrected chi connectivity index (χ3v) is 8.64. The Morgan fingerprint density at radius 1 is 0.976 bits per heavy atom. The minimum atomic E-state index is -4.14. The van der Waals surface area contributed by atoms with Crippen molar-refractivity contribution in [1.82, 2.24) is 23.3 Å². The molecule has 0 aliphatic rings. The largest absolute Gasteiger partial charge is 0.497 e. The molecule has 10 nitrogen and oxygen atoms in total. The molecule has 6 rings (SSSR count). The fourth-order valence-corrected chi connectivity index (χ4v) is 6.51. The van der Waals surface area contributed by atoms with Crippen molar-refractivity contribution in [3.05, 3.63) is 72.7 Å². The lowest BCUT2D eigenvalue weighted by Crippen LogP contribution is -2.26. The van der Waals surface area contributed by atoms with Crippen LogP contribution >= 0.6 is 0 Å². The van der Waals surface area contributed by atoms with Gasteiger partial charge in [-0.1, -0.05) is 17.7 Å².